The van der Waals surface area contributed by atoms with Crippen molar-refractivity contribution < 1.29 is 13.9 Å². The normalized spacial score (nSPS) is 21.0. The number of benzene rings is 1. The van der Waals surface area contributed by atoms with Gasteiger partial charge in [0.1, 0.15) is 12.4 Å². The van der Waals surface area contributed by atoms with Gasteiger partial charge in [-0.1, -0.05) is 18.2 Å². The van der Waals surface area contributed by atoms with E-state index in [1.807, 2.05) is 0 Å². The van der Waals surface area contributed by atoms with E-state index in [9.17, 15) is 9.18 Å². The number of carbonyl (C=O) groups is 1. The molecule has 1 fully saturated rings. The topological polar surface area (TPSA) is 38.3 Å². The van der Waals surface area contributed by atoms with Gasteiger partial charge in [-0.25, -0.2) is 9.18 Å². The molecular weight excluding hydrogens is 173 g/mol. The molecule has 3 nitrogen and oxygen atoms in total. The Hall–Kier alpha value is -1.58. The number of hydrogen-bond acceptors (Lipinski definition) is 2. The van der Waals surface area contributed by atoms with E-state index in [0.717, 1.165) is 0 Å². The molecule has 0 spiro atoms. The van der Waals surface area contributed by atoms with E-state index in [1.54, 1.807) is 18.2 Å². The fraction of sp³-hybridized carbons (Fsp3) is 0.222. The molecular formula is C9H8FNO2. The van der Waals surface area contributed by atoms with Crippen LogP contribution in [-0.4, -0.2) is 12.7 Å². The maximum absolute atomic E-state index is 13.2. The molecule has 0 aromatic heterocycles. The molecule has 1 amide bonds. The molecule has 68 valence electrons. The Bertz CT molecular complexity index is 340. The molecule has 1 saturated heterocycles. The van der Waals surface area contributed by atoms with Crippen molar-refractivity contribution in [2.45, 2.75) is 6.04 Å². The quantitative estimate of drug-likeness (QED) is 0.714. The highest BCUT2D eigenvalue weighted by molar-refractivity contribution is 5.70. The molecule has 1 aromatic rings. The van der Waals surface area contributed by atoms with Crippen LogP contribution in [0.15, 0.2) is 24.3 Å². The van der Waals surface area contributed by atoms with E-state index in [0.29, 0.717) is 5.56 Å². The first-order valence-corrected chi connectivity index (χ1v) is 3.95. The molecule has 2 rings (SSSR count). The zero-order valence-electron chi connectivity index (χ0n) is 6.79. The Morgan fingerprint density at radius 1 is 1.46 bits per heavy atom. The van der Waals surface area contributed by atoms with Crippen LogP contribution in [0.25, 0.3) is 0 Å². The van der Waals surface area contributed by atoms with Crippen LogP contribution >= 0.6 is 0 Å². The highest BCUT2D eigenvalue weighted by Gasteiger charge is 2.25. The number of rotatable bonds is 1. The molecule has 4 heteroatoms. The van der Waals surface area contributed by atoms with Crippen LogP contribution in [0.3, 0.4) is 0 Å². The SMILES string of the molecule is O=C1NC(c2ccccc2F)CO1. The van der Waals surface area contributed by atoms with Crippen molar-refractivity contribution in [3.8, 4) is 0 Å². The Labute approximate surface area is 74.5 Å². The van der Waals surface area contributed by atoms with Crippen LogP contribution in [-0.2, 0) is 4.74 Å². The average Bonchev–Trinajstić information content (AvgIpc) is 2.53. The Morgan fingerprint density at radius 2 is 2.23 bits per heavy atom. The van der Waals surface area contributed by atoms with E-state index >= 15 is 0 Å². The number of amides is 1. The maximum atomic E-state index is 13.2. The molecule has 1 aliphatic heterocycles. The molecule has 1 unspecified atom stereocenters. The summed E-state index contributed by atoms with van der Waals surface area (Å²) in [6.07, 6.45) is -0.492. The van der Waals surface area contributed by atoms with E-state index < -0.39 is 6.09 Å². The van der Waals surface area contributed by atoms with Crippen molar-refractivity contribution in [2.24, 2.45) is 0 Å². The molecule has 1 atom stereocenters. The van der Waals surface area contributed by atoms with Gasteiger partial charge in [-0.2, -0.15) is 0 Å². The molecule has 1 aliphatic rings. The Morgan fingerprint density at radius 3 is 2.85 bits per heavy atom. The minimum atomic E-state index is -0.492. The van der Waals surface area contributed by atoms with Gasteiger partial charge in [0, 0.05) is 5.56 Å². The van der Waals surface area contributed by atoms with Gasteiger partial charge in [-0.05, 0) is 6.07 Å². The first-order chi connectivity index (χ1) is 6.27. The number of hydrogen-bond donors (Lipinski definition) is 1. The largest absolute Gasteiger partial charge is 0.447 e. The fourth-order valence-electron chi connectivity index (χ4n) is 1.31. The van der Waals surface area contributed by atoms with Crippen molar-refractivity contribution in [1.82, 2.24) is 5.32 Å². The molecule has 0 radical (unpaired) electrons. The van der Waals surface area contributed by atoms with Gasteiger partial charge in [-0.3, -0.25) is 0 Å². The average molecular weight is 181 g/mol. The highest BCUT2D eigenvalue weighted by Crippen LogP contribution is 2.20. The van der Waals surface area contributed by atoms with Crippen LogP contribution in [0.5, 0.6) is 0 Å². The summed E-state index contributed by atoms with van der Waals surface area (Å²) in [6.45, 7) is 0.194. The summed E-state index contributed by atoms with van der Waals surface area (Å²) in [5.74, 6) is -0.321. The molecule has 1 heterocycles. The van der Waals surface area contributed by atoms with Crippen molar-refractivity contribution >= 4 is 6.09 Å². The number of carbonyl (C=O) groups excluding carboxylic acids is 1. The second-order valence-corrected chi connectivity index (χ2v) is 2.82. The lowest BCUT2D eigenvalue weighted by Gasteiger charge is -2.07. The predicted molar refractivity (Wildman–Crippen MR) is 43.6 cm³/mol. The zero-order chi connectivity index (χ0) is 9.26. The van der Waals surface area contributed by atoms with Crippen molar-refractivity contribution in [2.75, 3.05) is 6.61 Å². The summed E-state index contributed by atoms with van der Waals surface area (Å²) >= 11 is 0. The second-order valence-electron chi connectivity index (χ2n) is 2.82. The summed E-state index contributed by atoms with van der Waals surface area (Å²) in [7, 11) is 0. The number of halogens is 1. The molecule has 0 saturated carbocycles. The molecule has 1 aromatic carbocycles. The minimum Gasteiger partial charge on any atom is -0.447 e. The van der Waals surface area contributed by atoms with Crippen LogP contribution in [0.1, 0.15) is 11.6 Å². The minimum absolute atomic E-state index is 0.194. The standard InChI is InChI=1S/C9H8FNO2/c10-7-4-2-1-3-6(7)8-5-13-9(12)11-8/h1-4,8H,5H2,(H,11,12). The van der Waals surface area contributed by atoms with Crippen LogP contribution in [0, 0.1) is 5.82 Å². The smallest absolute Gasteiger partial charge is 0.407 e. The lowest BCUT2D eigenvalue weighted by molar-refractivity contribution is 0.177. The third kappa shape index (κ3) is 1.47. The van der Waals surface area contributed by atoms with Crippen LogP contribution in [0.2, 0.25) is 0 Å². The third-order valence-corrected chi connectivity index (χ3v) is 1.95. The van der Waals surface area contributed by atoms with Gasteiger partial charge < -0.3 is 10.1 Å². The second kappa shape index (κ2) is 3.05. The van der Waals surface area contributed by atoms with E-state index in [2.05, 4.69) is 10.1 Å². The monoisotopic (exact) mass is 181 g/mol. The van der Waals surface area contributed by atoms with Gasteiger partial charge >= 0.3 is 6.09 Å². The van der Waals surface area contributed by atoms with Gasteiger partial charge in [0.05, 0.1) is 6.04 Å². The van der Waals surface area contributed by atoms with Gasteiger partial charge in [-0.15, -0.1) is 0 Å². The van der Waals surface area contributed by atoms with Gasteiger partial charge in [0.2, 0.25) is 0 Å². The lowest BCUT2D eigenvalue weighted by atomic mass is 10.1. The first kappa shape index (κ1) is 8.04. The van der Waals surface area contributed by atoms with Crippen molar-refractivity contribution in [1.29, 1.82) is 0 Å². The van der Waals surface area contributed by atoms with E-state index in [1.165, 1.54) is 6.07 Å². The van der Waals surface area contributed by atoms with Crippen molar-refractivity contribution in [3.63, 3.8) is 0 Å². The van der Waals surface area contributed by atoms with Gasteiger partial charge in [0.25, 0.3) is 0 Å². The molecule has 0 bridgehead atoms. The fourth-order valence-corrected chi connectivity index (χ4v) is 1.31. The number of ether oxygens (including phenoxy) is 1. The summed E-state index contributed by atoms with van der Waals surface area (Å²) in [4.78, 5) is 10.7. The summed E-state index contributed by atoms with van der Waals surface area (Å²) in [6, 6.07) is 5.97. The molecule has 13 heavy (non-hydrogen) atoms. The van der Waals surface area contributed by atoms with Gasteiger partial charge in [0.15, 0.2) is 0 Å². The van der Waals surface area contributed by atoms with E-state index in [4.69, 9.17) is 0 Å². The maximum Gasteiger partial charge on any atom is 0.407 e. The Kier molecular flexibility index (Phi) is 1.88. The van der Waals surface area contributed by atoms with Crippen molar-refractivity contribution in [3.05, 3.63) is 35.6 Å². The van der Waals surface area contributed by atoms with E-state index in [-0.39, 0.29) is 18.5 Å². The molecule has 1 N–H and O–H groups in total. The number of alkyl carbamates (subject to hydrolysis) is 1. The number of cyclic esters (lactones) is 1. The van der Waals surface area contributed by atoms with Crippen LogP contribution in [0.4, 0.5) is 9.18 Å². The lowest BCUT2D eigenvalue weighted by Crippen LogP contribution is -2.19. The van der Waals surface area contributed by atoms with Crippen LogP contribution < -0.4 is 5.32 Å². The third-order valence-electron chi connectivity index (χ3n) is 1.95. The number of nitrogens with one attached hydrogen (secondary N) is 1. The first-order valence-electron chi connectivity index (χ1n) is 3.95. The summed E-state index contributed by atoms with van der Waals surface area (Å²) < 4.78 is 17.8. The molecule has 0 aliphatic carbocycles. The highest BCUT2D eigenvalue weighted by atomic mass is 19.1. The Balaban J connectivity index is 2.26. The summed E-state index contributed by atoms with van der Waals surface area (Å²) in [5.41, 5.74) is 0.466. The zero-order valence-corrected chi connectivity index (χ0v) is 6.79. The summed E-state index contributed by atoms with van der Waals surface area (Å²) in [5, 5.41) is 2.51. The predicted octanol–water partition coefficient (Wildman–Crippen LogP) is 1.61.